The summed E-state index contributed by atoms with van der Waals surface area (Å²) in [7, 11) is 0. The highest BCUT2D eigenvalue weighted by Crippen LogP contribution is 2.33. The molecular weight excluding hydrogens is 255 g/mol. The number of rotatable bonds is 4. The van der Waals surface area contributed by atoms with Gasteiger partial charge in [0.2, 0.25) is 0 Å². The van der Waals surface area contributed by atoms with Crippen molar-refractivity contribution < 1.29 is 8.91 Å². The van der Waals surface area contributed by atoms with E-state index in [1.165, 1.54) is 6.07 Å². The van der Waals surface area contributed by atoms with Gasteiger partial charge in [-0.3, -0.25) is 4.90 Å². The van der Waals surface area contributed by atoms with E-state index in [2.05, 4.69) is 23.0 Å². The molecule has 0 amide bonds. The molecule has 1 aliphatic rings. The molecule has 0 bridgehead atoms. The molecule has 0 saturated carbocycles. The average molecular weight is 274 g/mol. The largest absolute Gasteiger partial charge is 0.359 e. The van der Waals surface area contributed by atoms with E-state index in [-0.39, 0.29) is 11.9 Å². The van der Waals surface area contributed by atoms with Gasteiger partial charge < -0.3 is 4.52 Å². The fourth-order valence-corrected chi connectivity index (χ4v) is 2.86. The zero-order valence-corrected chi connectivity index (χ0v) is 11.7. The van der Waals surface area contributed by atoms with Crippen LogP contribution in [0.5, 0.6) is 0 Å². The smallest absolute Gasteiger partial charge is 0.154 e. The molecule has 1 fully saturated rings. The lowest BCUT2D eigenvalue weighted by Crippen LogP contribution is -2.22. The van der Waals surface area contributed by atoms with Gasteiger partial charge in [0.25, 0.3) is 0 Å². The summed E-state index contributed by atoms with van der Waals surface area (Å²) in [6.45, 7) is 3.84. The lowest BCUT2D eigenvalue weighted by Gasteiger charge is -2.22. The minimum Gasteiger partial charge on any atom is -0.359 e. The lowest BCUT2D eigenvalue weighted by molar-refractivity contribution is 0.206. The molecule has 2 heterocycles. The van der Waals surface area contributed by atoms with Crippen molar-refractivity contribution in [3.8, 4) is 0 Å². The predicted molar refractivity (Wildman–Crippen MR) is 74.7 cm³/mol. The summed E-state index contributed by atoms with van der Waals surface area (Å²) < 4.78 is 18.7. The highest BCUT2D eigenvalue weighted by molar-refractivity contribution is 5.17. The van der Waals surface area contributed by atoms with Crippen LogP contribution >= 0.6 is 0 Å². The molecule has 0 aliphatic carbocycles. The van der Waals surface area contributed by atoms with E-state index >= 15 is 0 Å². The zero-order chi connectivity index (χ0) is 13.9. The number of hydrogen-bond acceptors (Lipinski definition) is 3. The summed E-state index contributed by atoms with van der Waals surface area (Å²) >= 11 is 0. The Balaban J connectivity index is 1.75. The average Bonchev–Trinajstić information content (AvgIpc) is 3.06. The molecule has 1 aromatic heterocycles. The van der Waals surface area contributed by atoms with Crippen LogP contribution in [0.3, 0.4) is 0 Å². The number of hydrogen-bond donors (Lipinski definition) is 0. The molecule has 20 heavy (non-hydrogen) atoms. The first-order valence-corrected chi connectivity index (χ1v) is 7.20. The molecule has 2 aromatic rings. The van der Waals surface area contributed by atoms with Crippen molar-refractivity contribution >= 4 is 0 Å². The van der Waals surface area contributed by atoms with Crippen LogP contribution in [-0.4, -0.2) is 16.6 Å². The number of benzene rings is 1. The van der Waals surface area contributed by atoms with Gasteiger partial charge >= 0.3 is 0 Å². The topological polar surface area (TPSA) is 29.3 Å². The fourth-order valence-electron chi connectivity index (χ4n) is 2.86. The molecule has 1 atom stereocenters. The molecule has 0 unspecified atom stereocenters. The molecule has 1 aromatic carbocycles. The summed E-state index contributed by atoms with van der Waals surface area (Å²) in [5.74, 6) is 0.766. The Kier molecular flexibility index (Phi) is 3.83. The van der Waals surface area contributed by atoms with Crippen LogP contribution in [0.25, 0.3) is 0 Å². The van der Waals surface area contributed by atoms with Crippen molar-refractivity contribution in [3.63, 3.8) is 0 Å². The fraction of sp³-hybridized carbons (Fsp3) is 0.438. The highest BCUT2D eigenvalue weighted by atomic mass is 19.1. The number of aryl methyl sites for hydroxylation is 1. The van der Waals surface area contributed by atoms with E-state index in [9.17, 15) is 4.39 Å². The Bertz CT molecular complexity index is 581. The van der Waals surface area contributed by atoms with E-state index in [0.717, 1.165) is 49.4 Å². The first-order chi connectivity index (χ1) is 9.76. The first-order valence-electron chi connectivity index (χ1n) is 7.20. The second-order valence-corrected chi connectivity index (χ2v) is 5.33. The van der Waals surface area contributed by atoms with Gasteiger partial charge in [0.05, 0.1) is 11.7 Å². The molecule has 0 spiro atoms. The molecular formula is C16H19FN2O. The van der Waals surface area contributed by atoms with Crippen LogP contribution in [0.15, 0.2) is 34.9 Å². The highest BCUT2D eigenvalue weighted by Gasteiger charge is 2.29. The van der Waals surface area contributed by atoms with Gasteiger partial charge in [0.15, 0.2) is 5.76 Å². The van der Waals surface area contributed by atoms with Crippen LogP contribution in [0, 0.1) is 5.82 Å². The molecule has 3 nitrogen and oxygen atoms in total. The van der Waals surface area contributed by atoms with E-state index in [0.29, 0.717) is 0 Å². The van der Waals surface area contributed by atoms with Gasteiger partial charge in [-0.2, -0.15) is 0 Å². The second-order valence-electron chi connectivity index (χ2n) is 5.33. The monoisotopic (exact) mass is 274 g/mol. The molecule has 106 valence electrons. The van der Waals surface area contributed by atoms with Crippen molar-refractivity contribution in [3.05, 3.63) is 53.2 Å². The Morgan fingerprint density at radius 1 is 1.40 bits per heavy atom. The first kappa shape index (κ1) is 13.3. The molecule has 3 rings (SSSR count). The number of aromatic nitrogens is 1. The van der Waals surface area contributed by atoms with Gasteiger partial charge in [-0.15, -0.1) is 0 Å². The Morgan fingerprint density at radius 3 is 3.05 bits per heavy atom. The van der Waals surface area contributed by atoms with E-state index in [1.807, 2.05) is 6.07 Å². The van der Waals surface area contributed by atoms with Crippen LogP contribution in [0.1, 0.15) is 42.8 Å². The number of nitrogens with zero attached hydrogens (tertiary/aromatic N) is 2. The maximum Gasteiger partial charge on any atom is 0.154 e. The van der Waals surface area contributed by atoms with Gasteiger partial charge in [-0.25, -0.2) is 4.39 Å². The molecule has 0 N–H and O–H groups in total. The third kappa shape index (κ3) is 2.75. The molecule has 1 aliphatic heterocycles. The van der Waals surface area contributed by atoms with E-state index in [1.54, 1.807) is 12.1 Å². The van der Waals surface area contributed by atoms with Crippen LogP contribution in [0.2, 0.25) is 0 Å². The molecule has 4 heteroatoms. The second kappa shape index (κ2) is 5.75. The van der Waals surface area contributed by atoms with Gasteiger partial charge in [0, 0.05) is 12.6 Å². The maximum atomic E-state index is 13.3. The molecule has 0 radical (unpaired) electrons. The zero-order valence-electron chi connectivity index (χ0n) is 11.7. The minimum atomic E-state index is -0.175. The molecule has 1 saturated heterocycles. The van der Waals surface area contributed by atoms with Crippen molar-refractivity contribution in [2.75, 3.05) is 6.54 Å². The van der Waals surface area contributed by atoms with Crippen LogP contribution in [-0.2, 0) is 13.0 Å². The van der Waals surface area contributed by atoms with Crippen LogP contribution < -0.4 is 0 Å². The third-order valence-corrected chi connectivity index (χ3v) is 3.91. The number of likely N-dealkylation sites (tertiary alicyclic amines) is 1. The third-order valence-electron chi connectivity index (χ3n) is 3.91. The van der Waals surface area contributed by atoms with Crippen molar-refractivity contribution in [1.29, 1.82) is 0 Å². The predicted octanol–water partition coefficient (Wildman–Crippen LogP) is 3.71. The van der Waals surface area contributed by atoms with Gasteiger partial charge in [0.1, 0.15) is 5.82 Å². The van der Waals surface area contributed by atoms with Crippen LogP contribution in [0.4, 0.5) is 4.39 Å². The van der Waals surface area contributed by atoms with Crippen molar-refractivity contribution in [2.45, 2.75) is 38.8 Å². The lowest BCUT2D eigenvalue weighted by atomic mass is 10.1. The van der Waals surface area contributed by atoms with Gasteiger partial charge in [-0.1, -0.05) is 24.2 Å². The Morgan fingerprint density at radius 2 is 2.30 bits per heavy atom. The Labute approximate surface area is 118 Å². The van der Waals surface area contributed by atoms with Gasteiger partial charge in [-0.05, 0) is 43.5 Å². The maximum absolute atomic E-state index is 13.3. The van der Waals surface area contributed by atoms with E-state index in [4.69, 9.17) is 4.52 Å². The summed E-state index contributed by atoms with van der Waals surface area (Å²) in [4.78, 5) is 2.34. The normalized spacial score (nSPS) is 19.6. The summed E-state index contributed by atoms with van der Waals surface area (Å²) in [6.07, 6.45) is 3.11. The Hall–Kier alpha value is -1.68. The van der Waals surface area contributed by atoms with Crippen molar-refractivity contribution in [2.24, 2.45) is 0 Å². The van der Waals surface area contributed by atoms with E-state index < -0.39 is 0 Å². The minimum absolute atomic E-state index is 0.175. The quantitative estimate of drug-likeness (QED) is 0.851. The van der Waals surface area contributed by atoms with Crippen molar-refractivity contribution in [1.82, 2.24) is 10.1 Å². The summed E-state index contributed by atoms with van der Waals surface area (Å²) in [5, 5.41) is 4.07. The SMILES string of the molecule is CCc1cc([C@H]2CCCN2Cc2cccc(F)c2)on1. The summed E-state index contributed by atoms with van der Waals surface area (Å²) in [6, 6.07) is 9.14. The number of halogens is 1. The summed E-state index contributed by atoms with van der Waals surface area (Å²) in [5.41, 5.74) is 2.00. The standard InChI is InChI=1S/C16H19FN2O/c1-2-14-10-16(20-18-14)15-7-4-8-19(15)11-12-5-3-6-13(17)9-12/h3,5-6,9-10,15H,2,4,7-8,11H2,1H3/t15-/m1/s1.